The number of halogens is 1. The summed E-state index contributed by atoms with van der Waals surface area (Å²) < 4.78 is 7.09. The Morgan fingerprint density at radius 1 is 1.42 bits per heavy atom. The fraction of sp³-hybridized carbons (Fsp3) is 0.471. The van der Waals surface area contributed by atoms with Crippen LogP contribution >= 0.6 is 11.6 Å². The highest BCUT2D eigenvalue weighted by Gasteiger charge is 2.35. The first-order valence-electron chi connectivity index (χ1n) is 8.18. The Morgan fingerprint density at radius 2 is 2.21 bits per heavy atom. The van der Waals surface area contributed by atoms with Crippen LogP contribution in [0.4, 0.5) is 0 Å². The van der Waals surface area contributed by atoms with Crippen molar-refractivity contribution in [1.29, 1.82) is 0 Å². The number of nitrogens with zero attached hydrogens (tertiary/aromatic N) is 3. The Kier molecular flexibility index (Phi) is 3.81. The second kappa shape index (κ2) is 5.86. The van der Waals surface area contributed by atoms with Crippen molar-refractivity contribution in [2.24, 2.45) is 0 Å². The maximum atomic E-state index is 12.6. The number of ether oxygens (including phenoxy) is 1. The molecule has 2 aliphatic rings. The van der Waals surface area contributed by atoms with Gasteiger partial charge >= 0.3 is 0 Å². The summed E-state index contributed by atoms with van der Waals surface area (Å²) >= 11 is 6.30. The van der Waals surface area contributed by atoms with Gasteiger partial charge in [-0.3, -0.25) is 4.79 Å². The largest absolute Gasteiger partial charge is 0.379 e. The number of nitrogens with one attached hydrogen (secondary N) is 1. The summed E-state index contributed by atoms with van der Waals surface area (Å²) in [4.78, 5) is 17.1. The zero-order chi connectivity index (χ0) is 16.7. The van der Waals surface area contributed by atoms with Crippen molar-refractivity contribution in [2.45, 2.75) is 37.6 Å². The van der Waals surface area contributed by atoms with Gasteiger partial charge in [-0.05, 0) is 38.3 Å². The number of aromatic nitrogens is 3. The number of hydrogen-bond donors (Lipinski definition) is 1. The predicted octanol–water partition coefficient (Wildman–Crippen LogP) is 2.71. The molecule has 4 rings (SSSR count). The minimum absolute atomic E-state index is 0.185. The number of hydrogen-bond acceptors (Lipinski definition) is 4. The van der Waals surface area contributed by atoms with Gasteiger partial charge in [0.15, 0.2) is 0 Å². The Balaban J connectivity index is 1.66. The molecule has 126 valence electrons. The van der Waals surface area contributed by atoms with Gasteiger partial charge in [-0.1, -0.05) is 23.7 Å². The molecule has 1 aromatic carbocycles. The van der Waals surface area contributed by atoms with E-state index >= 15 is 0 Å². The molecule has 1 saturated heterocycles. The average Bonchev–Trinajstić information content (AvgIpc) is 3.16. The van der Waals surface area contributed by atoms with E-state index in [1.54, 1.807) is 4.68 Å². The maximum Gasteiger partial charge on any atom is 0.291 e. The summed E-state index contributed by atoms with van der Waals surface area (Å²) in [5, 5.41) is 8.04. The molecule has 0 spiro atoms. The summed E-state index contributed by atoms with van der Waals surface area (Å²) in [5.74, 6) is 1.07. The molecule has 7 heteroatoms. The maximum absolute atomic E-state index is 12.6. The van der Waals surface area contributed by atoms with Crippen LogP contribution in [0.2, 0.25) is 5.02 Å². The second-order valence-electron chi connectivity index (χ2n) is 6.75. The third-order valence-corrected chi connectivity index (χ3v) is 4.81. The summed E-state index contributed by atoms with van der Waals surface area (Å²) in [6, 6.07) is 7.47. The van der Waals surface area contributed by atoms with Crippen LogP contribution in [0.1, 0.15) is 48.5 Å². The van der Waals surface area contributed by atoms with Gasteiger partial charge in [-0.25, -0.2) is 9.67 Å². The van der Waals surface area contributed by atoms with E-state index < -0.39 is 0 Å². The monoisotopic (exact) mass is 346 g/mol. The highest BCUT2D eigenvalue weighted by Crippen LogP contribution is 2.40. The third-order valence-electron chi connectivity index (χ3n) is 4.49. The molecule has 2 aromatic rings. The van der Waals surface area contributed by atoms with Crippen LogP contribution in [0.15, 0.2) is 24.3 Å². The molecule has 2 heterocycles. The molecule has 0 radical (unpaired) electrons. The van der Waals surface area contributed by atoms with Crippen LogP contribution in [0.5, 0.6) is 0 Å². The SMILES string of the molecule is C[C@]1(NC(=O)c2nc(C3CC3)n(-c3ccccc3Cl)n2)CCOC1. The van der Waals surface area contributed by atoms with E-state index in [0.29, 0.717) is 24.2 Å². The van der Waals surface area contributed by atoms with Crippen molar-refractivity contribution in [3.63, 3.8) is 0 Å². The minimum atomic E-state index is -0.354. The van der Waals surface area contributed by atoms with E-state index in [-0.39, 0.29) is 17.3 Å². The number of carbonyl (C=O) groups is 1. The first-order valence-corrected chi connectivity index (χ1v) is 8.56. The van der Waals surface area contributed by atoms with Gasteiger partial charge in [0, 0.05) is 12.5 Å². The highest BCUT2D eigenvalue weighted by molar-refractivity contribution is 6.32. The van der Waals surface area contributed by atoms with Crippen LogP contribution in [0, 0.1) is 0 Å². The molecule has 1 atom stereocenters. The van der Waals surface area contributed by atoms with E-state index in [0.717, 1.165) is 30.8 Å². The van der Waals surface area contributed by atoms with Crippen LogP contribution in [0.3, 0.4) is 0 Å². The fourth-order valence-corrected chi connectivity index (χ4v) is 3.14. The van der Waals surface area contributed by atoms with E-state index in [9.17, 15) is 4.79 Å². The molecule has 1 amide bonds. The molecule has 0 unspecified atom stereocenters. The summed E-state index contributed by atoms with van der Waals surface area (Å²) in [5.41, 5.74) is 0.398. The van der Waals surface area contributed by atoms with Gasteiger partial charge in [0.05, 0.1) is 22.9 Å². The van der Waals surface area contributed by atoms with Crippen LogP contribution < -0.4 is 5.32 Å². The number of amides is 1. The summed E-state index contributed by atoms with van der Waals surface area (Å²) in [6.45, 7) is 3.15. The first-order chi connectivity index (χ1) is 11.6. The third kappa shape index (κ3) is 2.91. The van der Waals surface area contributed by atoms with Crippen molar-refractivity contribution in [2.75, 3.05) is 13.2 Å². The second-order valence-corrected chi connectivity index (χ2v) is 7.16. The Bertz CT molecular complexity index is 779. The van der Waals surface area contributed by atoms with Crippen molar-refractivity contribution >= 4 is 17.5 Å². The lowest BCUT2D eigenvalue weighted by molar-refractivity contribution is 0.0879. The van der Waals surface area contributed by atoms with E-state index in [4.69, 9.17) is 16.3 Å². The smallest absolute Gasteiger partial charge is 0.291 e. The standard InChI is InChI=1S/C17H19ClN4O2/c1-17(8-9-24-10-17)20-16(23)14-19-15(11-6-7-11)22(21-14)13-5-3-2-4-12(13)18/h2-5,11H,6-10H2,1H3,(H,20,23)/t17-/m0/s1. The molecular weight excluding hydrogens is 328 g/mol. The van der Waals surface area contributed by atoms with Gasteiger partial charge in [-0.2, -0.15) is 0 Å². The van der Waals surface area contributed by atoms with E-state index in [1.165, 1.54) is 0 Å². The molecule has 2 fully saturated rings. The van der Waals surface area contributed by atoms with Crippen molar-refractivity contribution in [3.05, 3.63) is 40.9 Å². The predicted molar refractivity (Wildman–Crippen MR) is 89.7 cm³/mol. The number of benzene rings is 1. The van der Waals surface area contributed by atoms with Gasteiger partial charge in [-0.15, -0.1) is 5.10 Å². The van der Waals surface area contributed by atoms with Crippen LogP contribution in [-0.2, 0) is 4.74 Å². The molecule has 6 nitrogen and oxygen atoms in total. The molecule has 0 bridgehead atoms. The van der Waals surface area contributed by atoms with Crippen LogP contribution in [-0.4, -0.2) is 39.4 Å². The topological polar surface area (TPSA) is 69.0 Å². The molecule has 1 saturated carbocycles. The first kappa shape index (κ1) is 15.6. The highest BCUT2D eigenvalue weighted by atomic mass is 35.5. The Morgan fingerprint density at radius 3 is 2.88 bits per heavy atom. The number of carbonyl (C=O) groups excluding carboxylic acids is 1. The van der Waals surface area contributed by atoms with Gasteiger partial charge < -0.3 is 10.1 Å². The summed E-state index contributed by atoms with van der Waals surface area (Å²) in [7, 11) is 0. The summed E-state index contributed by atoms with van der Waals surface area (Å²) in [6.07, 6.45) is 2.92. The normalized spacial score (nSPS) is 23.4. The fourth-order valence-electron chi connectivity index (χ4n) is 2.92. The van der Waals surface area contributed by atoms with Gasteiger partial charge in [0.2, 0.25) is 5.82 Å². The van der Waals surface area contributed by atoms with Crippen molar-refractivity contribution in [3.8, 4) is 5.69 Å². The molecular formula is C17H19ClN4O2. The molecule has 1 aliphatic carbocycles. The average molecular weight is 347 g/mol. The van der Waals surface area contributed by atoms with E-state index in [1.807, 2.05) is 31.2 Å². The number of rotatable bonds is 4. The lowest BCUT2D eigenvalue weighted by Crippen LogP contribution is -2.46. The minimum Gasteiger partial charge on any atom is -0.379 e. The van der Waals surface area contributed by atoms with Crippen molar-refractivity contribution < 1.29 is 9.53 Å². The Hall–Kier alpha value is -1.92. The van der Waals surface area contributed by atoms with E-state index in [2.05, 4.69) is 15.4 Å². The van der Waals surface area contributed by atoms with Crippen molar-refractivity contribution in [1.82, 2.24) is 20.1 Å². The zero-order valence-corrected chi connectivity index (χ0v) is 14.2. The lowest BCUT2D eigenvalue weighted by atomic mass is 10.0. The Labute approximate surface area is 145 Å². The molecule has 1 N–H and O–H groups in total. The quantitative estimate of drug-likeness (QED) is 0.924. The lowest BCUT2D eigenvalue weighted by Gasteiger charge is -2.22. The van der Waals surface area contributed by atoms with Gasteiger partial charge in [0.25, 0.3) is 5.91 Å². The van der Waals surface area contributed by atoms with Crippen LogP contribution in [0.25, 0.3) is 5.69 Å². The van der Waals surface area contributed by atoms with Gasteiger partial charge in [0.1, 0.15) is 5.82 Å². The molecule has 1 aromatic heterocycles. The molecule has 1 aliphatic heterocycles. The molecule has 24 heavy (non-hydrogen) atoms. The number of para-hydroxylation sites is 1. The zero-order valence-electron chi connectivity index (χ0n) is 13.5.